The van der Waals surface area contributed by atoms with Crippen molar-refractivity contribution < 1.29 is 23.9 Å². The highest BCUT2D eigenvalue weighted by molar-refractivity contribution is 6.10. The lowest BCUT2D eigenvalue weighted by Crippen LogP contribution is -2.46. The fraction of sp³-hybridized carbons (Fsp3) is 0.292. The Morgan fingerprint density at radius 3 is 2.62 bits per heavy atom. The van der Waals surface area contributed by atoms with E-state index < -0.39 is 17.5 Å². The van der Waals surface area contributed by atoms with Crippen molar-refractivity contribution in [3.05, 3.63) is 66.2 Å². The number of carbonyl (C=O) groups is 3. The third-order valence-electron chi connectivity index (χ3n) is 5.51. The Morgan fingerprint density at radius 2 is 1.91 bits per heavy atom. The maximum absolute atomic E-state index is 13.2. The van der Waals surface area contributed by atoms with E-state index in [-0.39, 0.29) is 12.5 Å². The van der Waals surface area contributed by atoms with Crippen molar-refractivity contribution in [3.8, 4) is 11.5 Å². The molecule has 2 heterocycles. The zero-order chi connectivity index (χ0) is 22.9. The fourth-order valence-corrected chi connectivity index (χ4v) is 3.78. The summed E-state index contributed by atoms with van der Waals surface area (Å²) in [6.45, 7) is 8.04. The van der Waals surface area contributed by atoms with Crippen LogP contribution >= 0.6 is 0 Å². The third kappa shape index (κ3) is 3.91. The highest BCUT2D eigenvalue weighted by Crippen LogP contribution is 2.33. The normalized spacial score (nSPS) is 19.8. The van der Waals surface area contributed by atoms with Gasteiger partial charge >= 0.3 is 6.03 Å². The molecule has 1 saturated heterocycles. The van der Waals surface area contributed by atoms with E-state index >= 15 is 0 Å². The third-order valence-corrected chi connectivity index (χ3v) is 5.51. The second-order valence-corrected chi connectivity index (χ2v) is 8.08. The van der Waals surface area contributed by atoms with Crippen LogP contribution < -0.4 is 19.7 Å². The average molecular weight is 435 g/mol. The number of nitrogens with one attached hydrogen (secondary N) is 1. The molecule has 166 valence electrons. The average Bonchev–Trinajstić information content (AvgIpc) is 3.01. The van der Waals surface area contributed by atoms with Crippen LogP contribution in [0.1, 0.15) is 19.4 Å². The largest absolute Gasteiger partial charge is 0.490 e. The van der Waals surface area contributed by atoms with E-state index in [9.17, 15) is 14.4 Å². The maximum Gasteiger partial charge on any atom is 0.325 e. The molecule has 2 aliphatic rings. The number of fused-ring (bicyclic) bond motifs is 1. The number of ether oxygens (including phenoxy) is 2. The molecule has 8 nitrogen and oxygen atoms in total. The number of amides is 4. The van der Waals surface area contributed by atoms with Gasteiger partial charge in [0, 0.05) is 0 Å². The molecule has 2 aliphatic heterocycles. The van der Waals surface area contributed by atoms with Crippen molar-refractivity contribution in [1.82, 2.24) is 10.2 Å². The number of imide groups is 1. The Bertz CT molecular complexity index is 1080. The van der Waals surface area contributed by atoms with Gasteiger partial charge in [-0.1, -0.05) is 30.8 Å². The highest BCUT2D eigenvalue weighted by atomic mass is 16.5. The van der Waals surface area contributed by atoms with Crippen molar-refractivity contribution in [2.75, 3.05) is 31.2 Å². The molecular weight excluding hydrogens is 410 g/mol. The van der Waals surface area contributed by atoms with Gasteiger partial charge in [0.15, 0.2) is 0 Å². The molecule has 1 N–H and O–H groups in total. The van der Waals surface area contributed by atoms with Crippen molar-refractivity contribution >= 4 is 23.5 Å². The number of rotatable bonds is 6. The van der Waals surface area contributed by atoms with Gasteiger partial charge in [-0.3, -0.25) is 14.5 Å². The van der Waals surface area contributed by atoms with Gasteiger partial charge in [-0.05, 0) is 49.2 Å². The zero-order valence-electron chi connectivity index (χ0n) is 18.1. The van der Waals surface area contributed by atoms with Crippen molar-refractivity contribution in [2.45, 2.75) is 19.4 Å². The Hall–Kier alpha value is -3.81. The van der Waals surface area contributed by atoms with Crippen molar-refractivity contribution in [1.29, 1.82) is 0 Å². The minimum absolute atomic E-state index is 0.348. The molecule has 0 spiro atoms. The number of hydrogen-bond acceptors (Lipinski definition) is 5. The minimum Gasteiger partial charge on any atom is -0.490 e. The summed E-state index contributed by atoms with van der Waals surface area (Å²) in [6, 6.07) is 13.5. The predicted molar refractivity (Wildman–Crippen MR) is 119 cm³/mol. The van der Waals surface area contributed by atoms with E-state index in [2.05, 4.69) is 11.9 Å². The van der Waals surface area contributed by atoms with E-state index in [1.165, 1.54) is 0 Å². The lowest BCUT2D eigenvalue weighted by Gasteiger charge is -2.30. The summed E-state index contributed by atoms with van der Waals surface area (Å²) in [5.41, 5.74) is 0.851. The number of para-hydroxylation sites is 2. The number of carbonyl (C=O) groups excluding carboxylic acids is 3. The summed E-state index contributed by atoms with van der Waals surface area (Å²) in [4.78, 5) is 41.4. The summed E-state index contributed by atoms with van der Waals surface area (Å²) in [5, 5.41) is 2.73. The van der Waals surface area contributed by atoms with Gasteiger partial charge < -0.3 is 19.7 Å². The van der Waals surface area contributed by atoms with Gasteiger partial charge in [0.2, 0.25) is 5.91 Å². The second-order valence-electron chi connectivity index (χ2n) is 8.08. The first-order chi connectivity index (χ1) is 15.3. The van der Waals surface area contributed by atoms with Crippen LogP contribution in [0.4, 0.5) is 10.5 Å². The standard InChI is InChI=1S/C24H25N3O5/c1-16(2)15-32-18-10-8-17(9-11-18)24(3)22(29)27(23(30)25-24)14-21(28)26-12-13-31-20-7-5-4-6-19(20)26/h4-11H,1,12-15H2,2-3H3,(H,25,30). The van der Waals surface area contributed by atoms with E-state index in [0.29, 0.717) is 42.5 Å². The monoisotopic (exact) mass is 435 g/mol. The Labute approximate surface area is 186 Å². The SMILES string of the molecule is C=C(C)COc1ccc(C2(C)NC(=O)N(CC(=O)N3CCOc4ccccc43)C2=O)cc1. The number of hydrogen-bond donors (Lipinski definition) is 1. The van der Waals surface area contributed by atoms with Gasteiger partial charge in [0.1, 0.15) is 36.8 Å². The molecule has 1 unspecified atom stereocenters. The summed E-state index contributed by atoms with van der Waals surface area (Å²) >= 11 is 0. The van der Waals surface area contributed by atoms with E-state index in [1.54, 1.807) is 48.2 Å². The summed E-state index contributed by atoms with van der Waals surface area (Å²) in [7, 11) is 0. The number of benzene rings is 2. The molecule has 4 rings (SSSR count). The molecule has 0 aromatic heterocycles. The molecule has 2 aromatic rings. The highest BCUT2D eigenvalue weighted by Gasteiger charge is 2.49. The number of urea groups is 1. The number of nitrogens with zero attached hydrogens (tertiary/aromatic N) is 2. The van der Waals surface area contributed by atoms with Crippen LogP contribution in [0.3, 0.4) is 0 Å². The van der Waals surface area contributed by atoms with Crippen molar-refractivity contribution in [2.24, 2.45) is 0 Å². The van der Waals surface area contributed by atoms with Gasteiger partial charge in [0.25, 0.3) is 5.91 Å². The lowest BCUT2D eigenvalue weighted by atomic mass is 9.92. The first-order valence-corrected chi connectivity index (χ1v) is 10.3. The summed E-state index contributed by atoms with van der Waals surface area (Å²) in [5.74, 6) is 0.406. The van der Waals surface area contributed by atoms with Gasteiger partial charge in [-0.25, -0.2) is 4.79 Å². The fourth-order valence-electron chi connectivity index (χ4n) is 3.78. The summed E-state index contributed by atoms with van der Waals surface area (Å²) < 4.78 is 11.2. The molecule has 0 saturated carbocycles. The van der Waals surface area contributed by atoms with Crippen LogP contribution in [0.15, 0.2) is 60.7 Å². The molecule has 8 heteroatoms. The predicted octanol–water partition coefficient (Wildman–Crippen LogP) is 2.83. The quantitative estimate of drug-likeness (QED) is 0.557. The van der Waals surface area contributed by atoms with Crippen LogP contribution in [-0.2, 0) is 15.1 Å². The molecule has 1 fully saturated rings. The second kappa shape index (κ2) is 8.37. The smallest absolute Gasteiger partial charge is 0.325 e. The van der Waals surface area contributed by atoms with Crippen LogP contribution in [-0.4, -0.2) is 49.0 Å². The Morgan fingerprint density at radius 1 is 1.19 bits per heavy atom. The topological polar surface area (TPSA) is 88.2 Å². The minimum atomic E-state index is -1.27. The molecule has 32 heavy (non-hydrogen) atoms. The Balaban J connectivity index is 1.49. The molecule has 2 aromatic carbocycles. The molecule has 4 amide bonds. The van der Waals surface area contributed by atoms with Crippen molar-refractivity contribution in [3.63, 3.8) is 0 Å². The lowest BCUT2D eigenvalue weighted by molar-refractivity contribution is -0.134. The van der Waals surface area contributed by atoms with E-state index in [4.69, 9.17) is 9.47 Å². The van der Waals surface area contributed by atoms with Crippen LogP contribution in [0.5, 0.6) is 11.5 Å². The maximum atomic E-state index is 13.2. The van der Waals surface area contributed by atoms with E-state index in [0.717, 1.165) is 10.5 Å². The molecule has 0 bridgehead atoms. The molecule has 1 atom stereocenters. The van der Waals surface area contributed by atoms with Crippen LogP contribution in [0.25, 0.3) is 0 Å². The van der Waals surface area contributed by atoms with Gasteiger partial charge in [-0.2, -0.15) is 0 Å². The van der Waals surface area contributed by atoms with Crippen LogP contribution in [0.2, 0.25) is 0 Å². The molecule has 0 aliphatic carbocycles. The molecule has 0 radical (unpaired) electrons. The molecular formula is C24H25N3O5. The van der Waals surface area contributed by atoms with Gasteiger partial charge in [-0.15, -0.1) is 0 Å². The van der Waals surface area contributed by atoms with Crippen LogP contribution in [0, 0.1) is 0 Å². The zero-order valence-corrected chi connectivity index (χ0v) is 18.1. The first kappa shape index (κ1) is 21.4. The Kier molecular flexibility index (Phi) is 5.61. The first-order valence-electron chi connectivity index (χ1n) is 10.3. The van der Waals surface area contributed by atoms with E-state index in [1.807, 2.05) is 19.1 Å². The number of anilines is 1. The summed E-state index contributed by atoms with van der Waals surface area (Å²) in [6.07, 6.45) is 0. The van der Waals surface area contributed by atoms with Gasteiger partial charge in [0.05, 0.1) is 12.2 Å².